The summed E-state index contributed by atoms with van der Waals surface area (Å²) in [7, 11) is 0. The Morgan fingerprint density at radius 3 is 2.52 bits per heavy atom. The molecule has 0 aliphatic rings. The first kappa shape index (κ1) is 22.5. The van der Waals surface area contributed by atoms with E-state index in [-0.39, 0.29) is 16.3 Å². The van der Waals surface area contributed by atoms with Gasteiger partial charge in [-0.25, -0.2) is 4.39 Å². The molecular formula is C21H24ClFN2O4. The third-order valence-corrected chi connectivity index (χ3v) is 4.13. The summed E-state index contributed by atoms with van der Waals surface area (Å²) in [6.45, 7) is 6.01. The van der Waals surface area contributed by atoms with E-state index in [0.29, 0.717) is 30.4 Å². The fourth-order valence-corrected chi connectivity index (χ4v) is 2.78. The van der Waals surface area contributed by atoms with Crippen LogP contribution in [0.1, 0.15) is 44.0 Å². The van der Waals surface area contributed by atoms with Crippen molar-refractivity contribution in [3.05, 3.63) is 46.7 Å². The molecule has 0 bridgehead atoms. The lowest BCUT2D eigenvalue weighted by atomic mass is 10.1. The number of hydrogen-bond donors (Lipinski definition) is 2. The van der Waals surface area contributed by atoms with Crippen molar-refractivity contribution < 1.29 is 23.5 Å². The van der Waals surface area contributed by atoms with Gasteiger partial charge in [-0.15, -0.1) is 0 Å². The molecule has 0 aliphatic heterocycles. The molecule has 0 spiro atoms. The molecule has 0 aliphatic carbocycles. The second kappa shape index (κ2) is 10.7. The number of rotatable bonds is 9. The van der Waals surface area contributed by atoms with Crippen LogP contribution in [0, 0.1) is 5.82 Å². The number of halogens is 2. The van der Waals surface area contributed by atoms with E-state index < -0.39 is 17.6 Å². The van der Waals surface area contributed by atoms with Crippen LogP contribution in [0.4, 0.5) is 15.8 Å². The average Bonchev–Trinajstić information content (AvgIpc) is 2.66. The maximum atomic E-state index is 13.8. The van der Waals surface area contributed by atoms with E-state index in [1.165, 1.54) is 25.1 Å². The molecule has 0 heterocycles. The van der Waals surface area contributed by atoms with Gasteiger partial charge in [0.2, 0.25) is 5.91 Å². The maximum Gasteiger partial charge on any atom is 0.255 e. The topological polar surface area (TPSA) is 76.7 Å². The van der Waals surface area contributed by atoms with Crippen LogP contribution in [0.3, 0.4) is 0 Å². The monoisotopic (exact) mass is 422 g/mol. The van der Waals surface area contributed by atoms with E-state index in [1.807, 2.05) is 6.92 Å². The summed E-state index contributed by atoms with van der Waals surface area (Å²) in [5.41, 5.74) is 0.548. The standard InChI is InChI=1S/C21H24ClFN2O4/c1-4-6-9-29-20-16(22)10-14(11-19(20)28-5-2)21(27)25-15-7-8-17(23)18(12-15)24-13(3)26/h7-8,10-12H,4-6,9H2,1-3H3,(H,24,26)(H,25,27). The van der Waals surface area contributed by atoms with Gasteiger partial charge in [0.15, 0.2) is 11.5 Å². The second-order valence-corrected chi connectivity index (χ2v) is 6.66. The molecule has 2 N–H and O–H groups in total. The largest absolute Gasteiger partial charge is 0.490 e. The molecule has 2 amide bonds. The molecule has 6 nitrogen and oxygen atoms in total. The lowest BCUT2D eigenvalue weighted by Gasteiger charge is -2.15. The zero-order valence-corrected chi connectivity index (χ0v) is 17.4. The second-order valence-electron chi connectivity index (χ2n) is 6.25. The molecule has 8 heteroatoms. The Balaban J connectivity index is 2.25. The van der Waals surface area contributed by atoms with Crippen molar-refractivity contribution in [2.75, 3.05) is 23.8 Å². The number of carbonyl (C=O) groups is 2. The fourth-order valence-electron chi connectivity index (χ4n) is 2.51. The van der Waals surface area contributed by atoms with Crippen LogP contribution in [0.15, 0.2) is 30.3 Å². The summed E-state index contributed by atoms with van der Waals surface area (Å²) in [5.74, 6) is -0.714. The molecule has 156 valence electrons. The Labute approximate surface area is 174 Å². The van der Waals surface area contributed by atoms with Crippen LogP contribution in [0.25, 0.3) is 0 Å². The minimum atomic E-state index is -0.603. The first-order chi connectivity index (χ1) is 13.8. The summed E-state index contributed by atoms with van der Waals surface area (Å²) in [4.78, 5) is 23.8. The van der Waals surface area contributed by atoms with Crippen LogP contribution >= 0.6 is 11.6 Å². The zero-order valence-electron chi connectivity index (χ0n) is 16.6. The van der Waals surface area contributed by atoms with Crippen LogP contribution in [-0.2, 0) is 4.79 Å². The molecule has 29 heavy (non-hydrogen) atoms. The van der Waals surface area contributed by atoms with Crippen molar-refractivity contribution in [2.24, 2.45) is 0 Å². The van der Waals surface area contributed by atoms with Gasteiger partial charge < -0.3 is 20.1 Å². The molecule has 0 saturated heterocycles. The SMILES string of the molecule is CCCCOc1c(Cl)cc(C(=O)Nc2ccc(F)c(NC(C)=O)c2)cc1OCC. The van der Waals surface area contributed by atoms with Crippen molar-refractivity contribution in [3.8, 4) is 11.5 Å². The third kappa shape index (κ3) is 6.35. The summed E-state index contributed by atoms with van der Waals surface area (Å²) < 4.78 is 25.1. The van der Waals surface area contributed by atoms with Crippen molar-refractivity contribution >= 4 is 34.8 Å². The quantitative estimate of drug-likeness (QED) is 0.540. The van der Waals surface area contributed by atoms with Crippen molar-refractivity contribution in [3.63, 3.8) is 0 Å². The van der Waals surface area contributed by atoms with Gasteiger partial charge in [-0.1, -0.05) is 24.9 Å². The van der Waals surface area contributed by atoms with E-state index in [1.54, 1.807) is 6.07 Å². The predicted octanol–water partition coefficient (Wildman–Crippen LogP) is 5.27. The zero-order chi connectivity index (χ0) is 21.4. The van der Waals surface area contributed by atoms with Gasteiger partial charge >= 0.3 is 0 Å². The number of hydrogen-bond acceptors (Lipinski definition) is 4. The molecule has 0 atom stereocenters. The van der Waals surface area contributed by atoms with Gasteiger partial charge in [0.25, 0.3) is 5.91 Å². The van der Waals surface area contributed by atoms with Crippen LogP contribution in [-0.4, -0.2) is 25.0 Å². The van der Waals surface area contributed by atoms with Crippen LogP contribution in [0.2, 0.25) is 5.02 Å². The number of benzene rings is 2. The predicted molar refractivity (Wildman–Crippen MR) is 112 cm³/mol. The maximum absolute atomic E-state index is 13.8. The van der Waals surface area contributed by atoms with Gasteiger partial charge in [0.05, 0.1) is 23.9 Å². The smallest absolute Gasteiger partial charge is 0.255 e. The van der Waals surface area contributed by atoms with Gasteiger partial charge in [0, 0.05) is 18.2 Å². The normalized spacial score (nSPS) is 10.4. The van der Waals surface area contributed by atoms with Gasteiger partial charge in [0.1, 0.15) is 5.82 Å². The Bertz CT molecular complexity index is 889. The van der Waals surface area contributed by atoms with Crippen molar-refractivity contribution in [1.82, 2.24) is 0 Å². The van der Waals surface area contributed by atoms with E-state index in [2.05, 4.69) is 17.6 Å². The summed E-state index contributed by atoms with van der Waals surface area (Å²) in [6, 6.07) is 6.92. The highest BCUT2D eigenvalue weighted by Gasteiger charge is 2.17. The number of amides is 2. The highest BCUT2D eigenvalue weighted by Crippen LogP contribution is 2.37. The fraction of sp³-hybridized carbons (Fsp3) is 0.333. The van der Waals surface area contributed by atoms with Gasteiger partial charge in [-0.2, -0.15) is 0 Å². The number of nitrogens with one attached hydrogen (secondary N) is 2. The summed E-state index contributed by atoms with van der Waals surface area (Å²) in [5, 5.41) is 5.29. The molecule has 0 aromatic heterocycles. The molecule has 0 fully saturated rings. The van der Waals surface area contributed by atoms with Crippen LogP contribution in [0.5, 0.6) is 11.5 Å². The molecule has 0 radical (unpaired) electrons. The number of carbonyl (C=O) groups excluding carboxylic acids is 2. The van der Waals surface area contributed by atoms with Crippen LogP contribution < -0.4 is 20.1 Å². The Morgan fingerprint density at radius 2 is 1.86 bits per heavy atom. The number of anilines is 2. The molecule has 2 aromatic carbocycles. The molecule has 0 unspecified atom stereocenters. The molecule has 2 rings (SSSR count). The minimum Gasteiger partial charge on any atom is -0.490 e. The average molecular weight is 423 g/mol. The number of unbranched alkanes of at least 4 members (excludes halogenated alkanes) is 1. The highest BCUT2D eigenvalue weighted by atomic mass is 35.5. The van der Waals surface area contributed by atoms with Crippen molar-refractivity contribution in [2.45, 2.75) is 33.6 Å². The molecular weight excluding hydrogens is 399 g/mol. The van der Waals surface area contributed by atoms with Gasteiger partial charge in [-0.3, -0.25) is 9.59 Å². The van der Waals surface area contributed by atoms with E-state index in [4.69, 9.17) is 21.1 Å². The van der Waals surface area contributed by atoms with Crippen molar-refractivity contribution in [1.29, 1.82) is 0 Å². The third-order valence-electron chi connectivity index (χ3n) is 3.85. The van der Waals surface area contributed by atoms with Gasteiger partial charge in [-0.05, 0) is 43.7 Å². The van der Waals surface area contributed by atoms with E-state index >= 15 is 0 Å². The highest BCUT2D eigenvalue weighted by molar-refractivity contribution is 6.32. The number of ether oxygens (including phenoxy) is 2. The Kier molecular flexibility index (Phi) is 8.27. The molecule has 2 aromatic rings. The first-order valence-electron chi connectivity index (χ1n) is 9.33. The lowest BCUT2D eigenvalue weighted by Crippen LogP contribution is -2.14. The summed E-state index contributed by atoms with van der Waals surface area (Å²) >= 11 is 6.32. The Morgan fingerprint density at radius 1 is 1.10 bits per heavy atom. The Hall–Kier alpha value is -2.80. The minimum absolute atomic E-state index is 0.0250. The van der Waals surface area contributed by atoms with E-state index in [0.717, 1.165) is 18.9 Å². The lowest BCUT2D eigenvalue weighted by molar-refractivity contribution is -0.114. The first-order valence-corrected chi connectivity index (χ1v) is 9.71. The molecule has 0 saturated carbocycles. The van der Waals surface area contributed by atoms with E-state index in [9.17, 15) is 14.0 Å². The summed E-state index contributed by atoms with van der Waals surface area (Å²) in [6.07, 6.45) is 1.84.